The number of aromatic nitrogens is 3. The highest BCUT2D eigenvalue weighted by molar-refractivity contribution is 5.73. The van der Waals surface area contributed by atoms with Gasteiger partial charge >= 0.3 is 6.18 Å². The molecular weight excluding hydrogens is 395 g/mol. The average molecular weight is 421 g/mol. The number of anilines is 1. The van der Waals surface area contributed by atoms with Crippen LogP contribution in [0, 0.1) is 11.8 Å². The highest BCUT2D eigenvalue weighted by Crippen LogP contribution is 2.64. The van der Waals surface area contributed by atoms with Crippen molar-refractivity contribution in [3.63, 3.8) is 0 Å². The summed E-state index contributed by atoms with van der Waals surface area (Å²) >= 11 is 0. The van der Waals surface area contributed by atoms with Crippen LogP contribution in [-0.2, 0) is 11.0 Å². The van der Waals surface area contributed by atoms with Crippen LogP contribution in [0.5, 0.6) is 0 Å². The van der Waals surface area contributed by atoms with Crippen molar-refractivity contribution in [1.29, 1.82) is 0 Å². The standard InChI is InChI=1S/C21H26F3N5O/c1-10(2)29-18(19-14-6-13(7-15(14)19)28(4)11(3)30)8-17(27-29)12-5-16(21(22,23)24)20(25)26-9-12/h5,8-10,13-15,19H,6-7H2,1-4H3,(H2,25,26)/t13-,14+,15-,19-. The third-order valence-electron chi connectivity index (χ3n) is 6.58. The quantitative estimate of drug-likeness (QED) is 0.807. The number of amides is 1. The molecule has 2 saturated carbocycles. The number of nitrogen functional groups attached to an aromatic ring is 1. The second-order valence-electron chi connectivity index (χ2n) is 8.76. The first kappa shape index (κ1) is 20.7. The van der Waals surface area contributed by atoms with Gasteiger partial charge < -0.3 is 10.6 Å². The lowest BCUT2D eigenvalue weighted by atomic mass is 10.0. The van der Waals surface area contributed by atoms with E-state index in [1.807, 2.05) is 36.5 Å². The van der Waals surface area contributed by atoms with Crippen LogP contribution >= 0.6 is 0 Å². The first-order valence-corrected chi connectivity index (χ1v) is 10.1. The van der Waals surface area contributed by atoms with Gasteiger partial charge in [0.25, 0.3) is 0 Å². The van der Waals surface area contributed by atoms with Crippen molar-refractivity contribution in [1.82, 2.24) is 19.7 Å². The Morgan fingerprint density at radius 1 is 1.27 bits per heavy atom. The fraction of sp³-hybridized carbons (Fsp3) is 0.571. The Morgan fingerprint density at radius 2 is 1.90 bits per heavy atom. The van der Waals surface area contributed by atoms with Crippen molar-refractivity contribution in [2.75, 3.05) is 12.8 Å². The molecule has 2 aromatic heterocycles. The molecule has 0 aliphatic heterocycles. The molecule has 1 amide bonds. The first-order valence-electron chi connectivity index (χ1n) is 10.1. The highest BCUT2D eigenvalue weighted by atomic mass is 19.4. The van der Waals surface area contributed by atoms with Crippen LogP contribution < -0.4 is 5.73 Å². The van der Waals surface area contributed by atoms with Crippen LogP contribution in [0.2, 0.25) is 0 Å². The van der Waals surface area contributed by atoms with Gasteiger partial charge in [0, 0.05) is 49.4 Å². The summed E-state index contributed by atoms with van der Waals surface area (Å²) < 4.78 is 41.6. The highest BCUT2D eigenvalue weighted by Gasteiger charge is 2.58. The summed E-state index contributed by atoms with van der Waals surface area (Å²) in [5.74, 6) is 0.827. The van der Waals surface area contributed by atoms with Crippen LogP contribution in [-0.4, -0.2) is 38.7 Å². The number of fused-ring (bicyclic) bond motifs is 1. The largest absolute Gasteiger partial charge is 0.419 e. The van der Waals surface area contributed by atoms with Gasteiger partial charge in [-0.2, -0.15) is 18.3 Å². The second kappa shape index (κ2) is 6.99. The smallest absolute Gasteiger partial charge is 0.383 e. The molecular formula is C21H26F3N5O. The van der Waals surface area contributed by atoms with Crippen LogP contribution in [0.1, 0.15) is 56.8 Å². The number of carbonyl (C=O) groups is 1. The maximum absolute atomic E-state index is 13.2. The van der Waals surface area contributed by atoms with Crippen molar-refractivity contribution in [3.8, 4) is 11.3 Å². The lowest BCUT2D eigenvalue weighted by molar-refractivity contribution is -0.137. The number of alkyl halides is 3. The summed E-state index contributed by atoms with van der Waals surface area (Å²) in [5.41, 5.74) is 6.31. The van der Waals surface area contributed by atoms with Gasteiger partial charge in [0.15, 0.2) is 0 Å². The van der Waals surface area contributed by atoms with Crippen LogP contribution in [0.25, 0.3) is 11.3 Å². The molecule has 2 aromatic rings. The van der Waals surface area contributed by atoms with Crippen molar-refractivity contribution >= 4 is 11.7 Å². The Hall–Kier alpha value is -2.58. The maximum atomic E-state index is 13.2. The Balaban J connectivity index is 1.62. The zero-order chi connectivity index (χ0) is 22.0. The van der Waals surface area contributed by atoms with E-state index < -0.39 is 17.6 Å². The monoisotopic (exact) mass is 421 g/mol. The van der Waals surface area contributed by atoms with Gasteiger partial charge in [0.2, 0.25) is 5.91 Å². The van der Waals surface area contributed by atoms with Crippen molar-refractivity contribution in [2.45, 2.75) is 57.8 Å². The van der Waals surface area contributed by atoms with E-state index >= 15 is 0 Å². The molecule has 0 unspecified atom stereocenters. The number of halogens is 3. The first-order chi connectivity index (χ1) is 14.0. The van der Waals surface area contributed by atoms with Crippen molar-refractivity contribution in [3.05, 3.63) is 29.6 Å². The molecule has 2 N–H and O–H groups in total. The normalized spacial score (nSPS) is 25.5. The number of nitrogens with two attached hydrogens (primary N) is 1. The molecule has 2 fully saturated rings. The number of hydrogen-bond acceptors (Lipinski definition) is 4. The minimum atomic E-state index is -4.57. The zero-order valence-corrected chi connectivity index (χ0v) is 17.4. The number of carbonyl (C=O) groups excluding carboxylic acids is 1. The Morgan fingerprint density at radius 3 is 2.43 bits per heavy atom. The summed E-state index contributed by atoms with van der Waals surface area (Å²) in [4.78, 5) is 17.2. The van der Waals surface area contributed by atoms with E-state index in [9.17, 15) is 18.0 Å². The Kier molecular flexibility index (Phi) is 4.82. The van der Waals surface area contributed by atoms with Gasteiger partial charge in [0.05, 0.1) is 11.3 Å². The molecule has 2 aliphatic carbocycles. The fourth-order valence-electron chi connectivity index (χ4n) is 4.88. The molecule has 0 saturated heterocycles. The van der Waals surface area contributed by atoms with Gasteiger partial charge in [-0.05, 0) is 50.7 Å². The molecule has 0 bridgehead atoms. The minimum Gasteiger partial charge on any atom is -0.383 e. The summed E-state index contributed by atoms with van der Waals surface area (Å²) in [6, 6.07) is 3.25. The molecule has 2 aliphatic rings. The number of nitrogens with zero attached hydrogens (tertiary/aromatic N) is 4. The molecule has 30 heavy (non-hydrogen) atoms. The zero-order valence-electron chi connectivity index (χ0n) is 17.4. The third-order valence-corrected chi connectivity index (χ3v) is 6.58. The molecule has 4 rings (SSSR count). The summed E-state index contributed by atoms with van der Waals surface area (Å²) in [6.07, 6.45) is -1.33. The van der Waals surface area contributed by atoms with E-state index in [-0.39, 0.29) is 18.0 Å². The topological polar surface area (TPSA) is 77.0 Å². The third kappa shape index (κ3) is 3.44. The van der Waals surface area contributed by atoms with Gasteiger partial charge in [-0.15, -0.1) is 0 Å². The van der Waals surface area contributed by atoms with E-state index in [1.54, 1.807) is 6.92 Å². The van der Waals surface area contributed by atoms with E-state index in [0.717, 1.165) is 24.6 Å². The molecule has 9 heteroatoms. The summed E-state index contributed by atoms with van der Waals surface area (Å²) in [5, 5.41) is 4.61. The molecule has 6 nitrogen and oxygen atoms in total. The molecule has 4 atom stereocenters. The second-order valence-corrected chi connectivity index (χ2v) is 8.76. The van der Waals surface area contributed by atoms with E-state index in [4.69, 9.17) is 5.73 Å². The van der Waals surface area contributed by atoms with E-state index in [1.165, 1.54) is 6.20 Å². The van der Waals surface area contributed by atoms with Crippen molar-refractivity contribution < 1.29 is 18.0 Å². The van der Waals surface area contributed by atoms with Crippen LogP contribution in [0.15, 0.2) is 18.3 Å². The van der Waals surface area contributed by atoms with E-state index in [0.29, 0.717) is 29.0 Å². The fourth-order valence-corrected chi connectivity index (χ4v) is 4.88. The molecule has 0 spiro atoms. The Bertz CT molecular complexity index is 972. The van der Waals surface area contributed by atoms with Gasteiger partial charge in [-0.1, -0.05) is 0 Å². The summed E-state index contributed by atoms with van der Waals surface area (Å²) in [7, 11) is 1.84. The van der Waals surface area contributed by atoms with Crippen LogP contribution in [0.4, 0.5) is 19.0 Å². The number of rotatable bonds is 4. The van der Waals surface area contributed by atoms with Gasteiger partial charge in [-0.3, -0.25) is 9.48 Å². The van der Waals surface area contributed by atoms with Crippen LogP contribution in [0.3, 0.4) is 0 Å². The predicted octanol–water partition coefficient (Wildman–Crippen LogP) is 4.10. The lowest BCUT2D eigenvalue weighted by Crippen LogP contribution is -2.34. The molecule has 162 valence electrons. The predicted molar refractivity (Wildman–Crippen MR) is 106 cm³/mol. The van der Waals surface area contributed by atoms with Crippen molar-refractivity contribution in [2.24, 2.45) is 11.8 Å². The van der Waals surface area contributed by atoms with E-state index in [2.05, 4.69) is 10.1 Å². The number of hydrogen-bond donors (Lipinski definition) is 1. The maximum Gasteiger partial charge on any atom is 0.419 e. The summed E-state index contributed by atoms with van der Waals surface area (Å²) in [6.45, 7) is 5.59. The molecule has 2 heterocycles. The minimum absolute atomic E-state index is 0.0728. The Labute approximate surface area is 173 Å². The molecule has 0 aromatic carbocycles. The van der Waals surface area contributed by atoms with Gasteiger partial charge in [0.1, 0.15) is 5.82 Å². The lowest BCUT2D eigenvalue weighted by Gasteiger charge is -2.25. The van der Waals surface area contributed by atoms with Gasteiger partial charge in [-0.25, -0.2) is 4.98 Å². The SMILES string of the molecule is CC(=O)N(C)[C@H]1C[C@@H]2[C@H](C1)[C@H]2c1cc(-c2cnc(N)c(C(F)(F)F)c2)nn1C(C)C. The average Bonchev–Trinajstić information content (AvgIpc) is 3.02. The molecule has 0 radical (unpaired) electrons. The number of pyridine rings is 1.